The number of ether oxygens (including phenoxy) is 1. The van der Waals surface area contributed by atoms with E-state index in [4.69, 9.17) is 16.3 Å². The zero-order chi connectivity index (χ0) is 24.2. The lowest BCUT2D eigenvalue weighted by atomic mass is 10.1. The number of carbonyl (C=O) groups is 1. The second-order valence-electron chi connectivity index (χ2n) is 7.92. The number of morpholine rings is 1. The van der Waals surface area contributed by atoms with Crippen molar-refractivity contribution in [2.24, 2.45) is 5.10 Å². The Morgan fingerprint density at radius 1 is 1.12 bits per heavy atom. The van der Waals surface area contributed by atoms with Crippen LogP contribution in [0.1, 0.15) is 27.3 Å². The third kappa shape index (κ3) is 4.95. The number of nitro benzene ring substituents is 1. The molecule has 2 heterocycles. The van der Waals surface area contributed by atoms with Crippen molar-refractivity contribution >= 4 is 35.1 Å². The fourth-order valence-corrected chi connectivity index (χ4v) is 4.17. The summed E-state index contributed by atoms with van der Waals surface area (Å²) < 4.78 is 7.34. The van der Waals surface area contributed by atoms with E-state index in [1.165, 1.54) is 12.3 Å². The van der Waals surface area contributed by atoms with Gasteiger partial charge >= 0.3 is 0 Å². The van der Waals surface area contributed by atoms with Crippen molar-refractivity contribution in [1.82, 2.24) is 9.99 Å². The highest BCUT2D eigenvalue weighted by molar-refractivity contribution is 6.33. The van der Waals surface area contributed by atoms with E-state index in [0.29, 0.717) is 42.6 Å². The minimum atomic E-state index is -0.481. The summed E-state index contributed by atoms with van der Waals surface area (Å²) in [4.78, 5) is 25.9. The van der Waals surface area contributed by atoms with Crippen LogP contribution in [0.3, 0.4) is 0 Å². The van der Waals surface area contributed by atoms with Gasteiger partial charge in [-0.05, 0) is 50.2 Å². The van der Waals surface area contributed by atoms with E-state index < -0.39 is 10.8 Å². The lowest BCUT2D eigenvalue weighted by Gasteiger charge is -2.28. The molecule has 1 fully saturated rings. The lowest BCUT2D eigenvalue weighted by Crippen LogP contribution is -2.36. The summed E-state index contributed by atoms with van der Waals surface area (Å²) in [6, 6.07) is 14.1. The molecule has 0 spiro atoms. The quantitative estimate of drug-likeness (QED) is 0.322. The van der Waals surface area contributed by atoms with Gasteiger partial charge in [-0.25, -0.2) is 5.43 Å². The van der Waals surface area contributed by atoms with Crippen LogP contribution in [0.2, 0.25) is 5.02 Å². The van der Waals surface area contributed by atoms with Gasteiger partial charge in [-0.3, -0.25) is 14.9 Å². The Kier molecular flexibility index (Phi) is 6.95. The van der Waals surface area contributed by atoms with Gasteiger partial charge in [0.25, 0.3) is 11.6 Å². The Balaban J connectivity index is 1.51. The number of hydrazone groups is 1. The smallest absolute Gasteiger partial charge is 0.293 e. The van der Waals surface area contributed by atoms with E-state index in [2.05, 4.69) is 10.5 Å². The molecule has 0 atom stereocenters. The molecule has 34 heavy (non-hydrogen) atoms. The second kappa shape index (κ2) is 10.1. The summed E-state index contributed by atoms with van der Waals surface area (Å²) in [5.74, 6) is -0.481. The van der Waals surface area contributed by atoms with Gasteiger partial charge in [0.05, 0.1) is 34.9 Å². The maximum Gasteiger partial charge on any atom is 0.293 e. The topological polar surface area (TPSA) is 102 Å². The molecule has 1 amide bonds. The predicted octanol–water partition coefficient (Wildman–Crippen LogP) is 4.26. The molecule has 3 aromatic rings. The van der Waals surface area contributed by atoms with Crippen LogP contribution in [-0.2, 0) is 4.74 Å². The zero-order valence-corrected chi connectivity index (χ0v) is 19.6. The Bertz CT molecular complexity index is 1240. The molecule has 0 bridgehead atoms. The third-order valence-corrected chi connectivity index (χ3v) is 5.98. The first-order valence-corrected chi connectivity index (χ1v) is 11.1. The highest BCUT2D eigenvalue weighted by Crippen LogP contribution is 2.29. The fourth-order valence-electron chi connectivity index (χ4n) is 3.97. The first-order chi connectivity index (χ1) is 16.3. The van der Waals surface area contributed by atoms with Crippen LogP contribution < -0.4 is 10.3 Å². The summed E-state index contributed by atoms with van der Waals surface area (Å²) >= 11 is 6.26. The molecule has 0 unspecified atom stereocenters. The summed E-state index contributed by atoms with van der Waals surface area (Å²) in [6.45, 7) is 6.20. The number of carbonyl (C=O) groups excluding carboxylic acids is 1. The van der Waals surface area contributed by atoms with E-state index in [-0.39, 0.29) is 11.3 Å². The maximum absolute atomic E-state index is 12.7. The molecular formula is C24H24ClN5O4. The number of nitrogens with zero attached hydrogens (tertiary/aromatic N) is 4. The minimum absolute atomic E-state index is 0.0228. The van der Waals surface area contributed by atoms with Crippen LogP contribution in [0, 0.1) is 24.0 Å². The molecule has 176 valence electrons. The number of nitrogens with one attached hydrogen (secondary N) is 1. The van der Waals surface area contributed by atoms with Crippen molar-refractivity contribution in [3.05, 3.63) is 86.2 Å². The van der Waals surface area contributed by atoms with Gasteiger partial charge in [0.2, 0.25) is 0 Å². The number of amides is 1. The zero-order valence-electron chi connectivity index (χ0n) is 18.8. The monoisotopic (exact) mass is 481 g/mol. The van der Waals surface area contributed by atoms with Crippen LogP contribution in [0.5, 0.6) is 0 Å². The highest BCUT2D eigenvalue weighted by atomic mass is 35.5. The van der Waals surface area contributed by atoms with E-state index in [0.717, 1.165) is 17.1 Å². The summed E-state index contributed by atoms with van der Waals surface area (Å²) in [7, 11) is 0. The van der Waals surface area contributed by atoms with E-state index >= 15 is 0 Å². The van der Waals surface area contributed by atoms with Crippen molar-refractivity contribution in [1.29, 1.82) is 0 Å². The number of benzene rings is 2. The highest BCUT2D eigenvalue weighted by Gasteiger charge is 2.21. The Morgan fingerprint density at radius 3 is 2.50 bits per heavy atom. The first-order valence-electron chi connectivity index (χ1n) is 10.7. The van der Waals surface area contributed by atoms with Gasteiger partial charge in [0.1, 0.15) is 5.69 Å². The molecule has 4 rings (SSSR count). The van der Waals surface area contributed by atoms with Gasteiger partial charge in [-0.15, -0.1) is 0 Å². The Morgan fingerprint density at radius 2 is 1.82 bits per heavy atom. The number of aromatic nitrogens is 1. The fraction of sp³-hybridized carbons (Fsp3) is 0.250. The summed E-state index contributed by atoms with van der Waals surface area (Å²) in [5.41, 5.74) is 6.61. The first kappa shape index (κ1) is 23.5. The minimum Gasteiger partial charge on any atom is -0.378 e. The molecule has 0 aliphatic carbocycles. The van der Waals surface area contributed by atoms with Crippen molar-refractivity contribution in [3.63, 3.8) is 0 Å². The number of anilines is 1. The largest absolute Gasteiger partial charge is 0.378 e. The lowest BCUT2D eigenvalue weighted by molar-refractivity contribution is -0.384. The number of hydrogen-bond acceptors (Lipinski definition) is 6. The molecular weight excluding hydrogens is 458 g/mol. The number of aryl methyl sites for hydroxylation is 2. The molecule has 1 aliphatic heterocycles. The maximum atomic E-state index is 12.7. The SMILES string of the molecule is Cc1ccc(C)n1-c1ccc(Cl)c(C(=O)NN=Cc2ccc(N3CCOCC3)c([N+](=O)[O-])c2)c1. The van der Waals surface area contributed by atoms with Gasteiger partial charge < -0.3 is 14.2 Å². The number of halogens is 1. The van der Waals surface area contributed by atoms with Gasteiger partial charge in [0.15, 0.2) is 0 Å². The molecule has 1 N–H and O–H groups in total. The average molecular weight is 482 g/mol. The van der Waals surface area contributed by atoms with Crippen molar-refractivity contribution in [3.8, 4) is 5.69 Å². The predicted molar refractivity (Wildman–Crippen MR) is 131 cm³/mol. The van der Waals surface area contributed by atoms with Crippen LogP contribution in [-0.4, -0.2) is 47.9 Å². The summed E-state index contributed by atoms with van der Waals surface area (Å²) in [5, 5.41) is 15.9. The van der Waals surface area contributed by atoms with Gasteiger partial charge in [-0.1, -0.05) is 17.7 Å². The van der Waals surface area contributed by atoms with Crippen LogP contribution in [0.15, 0.2) is 53.6 Å². The van der Waals surface area contributed by atoms with Crippen molar-refractivity contribution in [2.75, 3.05) is 31.2 Å². The average Bonchev–Trinajstić information content (AvgIpc) is 3.17. The molecule has 10 heteroatoms. The van der Waals surface area contributed by atoms with Crippen LogP contribution >= 0.6 is 11.6 Å². The molecule has 2 aromatic carbocycles. The summed E-state index contributed by atoms with van der Waals surface area (Å²) in [6.07, 6.45) is 1.37. The molecule has 9 nitrogen and oxygen atoms in total. The van der Waals surface area contributed by atoms with Crippen LogP contribution in [0.25, 0.3) is 5.69 Å². The van der Waals surface area contributed by atoms with Crippen molar-refractivity contribution in [2.45, 2.75) is 13.8 Å². The Labute approximate surface area is 201 Å². The molecule has 0 saturated carbocycles. The normalized spacial score (nSPS) is 13.9. The van der Waals surface area contributed by atoms with Gasteiger partial charge in [-0.2, -0.15) is 5.10 Å². The van der Waals surface area contributed by atoms with E-state index in [1.807, 2.05) is 41.5 Å². The van der Waals surface area contributed by atoms with Crippen LogP contribution in [0.4, 0.5) is 11.4 Å². The molecule has 1 aliphatic rings. The van der Waals surface area contributed by atoms with E-state index in [9.17, 15) is 14.9 Å². The van der Waals surface area contributed by atoms with Crippen molar-refractivity contribution < 1.29 is 14.5 Å². The van der Waals surface area contributed by atoms with E-state index in [1.54, 1.807) is 24.3 Å². The second-order valence-corrected chi connectivity index (χ2v) is 8.33. The molecule has 1 aromatic heterocycles. The molecule has 0 radical (unpaired) electrons. The number of rotatable bonds is 6. The molecule has 1 saturated heterocycles. The standard InChI is InChI=1S/C24H24ClN5O4/c1-16-3-4-17(2)29(16)19-6-7-21(25)20(14-19)24(31)27-26-15-18-5-8-22(23(13-18)30(32)33)28-9-11-34-12-10-28/h3-8,13-15H,9-12H2,1-2H3,(H,27,31). The third-order valence-electron chi connectivity index (χ3n) is 5.65. The number of nitro groups is 1. The van der Waals surface area contributed by atoms with Gasteiger partial charge in [0, 0.05) is 41.8 Å². The number of hydrogen-bond donors (Lipinski definition) is 1. The Hall–Kier alpha value is -3.69.